The second kappa shape index (κ2) is 9.32. The zero-order valence-corrected chi connectivity index (χ0v) is 19.6. The molecule has 1 saturated heterocycles. The first-order chi connectivity index (χ1) is 13.8. The fourth-order valence-corrected chi connectivity index (χ4v) is 5.31. The minimum absolute atomic E-state index is 0.322. The van der Waals surface area contributed by atoms with Crippen molar-refractivity contribution in [3.8, 4) is 0 Å². The summed E-state index contributed by atoms with van der Waals surface area (Å²) in [4.78, 5) is 17.9. The molecule has 1 N–H and O–H groups in total. The number of nitrogens with zero attached hydrogens (tertiary/aromatic N) is 2. The SMILES string of the molecule is CCc1c(C)sc(NC(=S)N2CCN(c3cc(Cl)ccc3C)CC2)c1C(=O)OC. The lowest BCUT2D eigenvalue weighted by molar-refractivity contribution is 0.0601. The average Bonchev–Trinajstić information content (AvgIpc) is 3.04. The van der Waals surface area contributed by atoms with Gasteiger partial charge in [0.15, 0.2) is 5.11 Å². The number of hydrogen-bond acceptors (Lipinski definition) is 5. The van der Waals surface area contributed by atoms with Gasteiger partial charge < -0.3 is 19.9 Å². The number of nitrogens with one attached hydrogen (secondary N) is 1. The molecule has 156 valence electrons. The highest BCUT2D eigenvalue weighted by molar-refractivity contribution is 7.80. The lowest BCUT2D eigenvalue weighted by Crippen LogP contribution is -2.50. The number of hydrogen-bond donors (Lipinski definition) is 1. The Bertz CT molecular complexity index is 921. The normalized spacial score (nSPS) is 14.1. The molecule has 5 nitrogen and oxygen atoms in total. The summed E-state index contributed by atoms with van der Waals surface area (Å²) in [5.41, 5.74) is 4.01. The number of aryl methyl sites for hydroxylation is 2. The first kappa shape index (κ1) is 21.9. The third kappa shape index (κ3) is 4.68. The number of methoxy groups -OCH3 is 1. The number of rotatable bonds is 4. The number of anilines is 2. The molecule has 0 atom stereocenters. The van der Waals surface area contributed by atoms with Crippen molar-refractivity contribution in [2.45, 2.75) is 27.2 Å². The van der Waals surface area contributed by atoms with E-state index in [-0.39, 0.29) is 5.97 Å². The van der Waals surface area contributed by atoms with Gasteiger partial charge in [-0.2, -0.15) is 0 Å². The summed E-state index contributed by atoms with van der Waals surface area (Å²) in [7, 11) is 1.41. The number of carbonyl (C=O) groups is 1. The predicted octanol–water partition coefficient (Wildman–Crippen LogP) is 4.89. The first-order valence-corrected chi connectivity index (χ1v) is 11.2. The van der Waals surface area contributed by atoms with Crippen molar-refractivity contribution < 1.29 is 9.53 Å². The van der Waals surface area contributed by atoms with Crippen LogP contribution in [0.2, 0.25) is 5.02 Å². The van der Waals surface area contributed by atoms with Crippen LogP contribution < -0.4 is 10.2 Å². The molecule has 0 spiro atoms. The van der Waals surface area contributed by atoms with E-state index in [0.29, 0.717) is 10.7 Å². The number of esters is 1. The first-order valence-electron chi connectivity index (χ1n) is 9.63. The Labute approximate surface area is 186 Å². The van der Waals surface area contributed by atoms with Crippen LogP contribution in [0.3, 0.4) is 0 Å². The van der Waals surface area contributed by atoms with E-state index >= 15 is 0 Å². The Morgan fingerprint density at radius 3 is 2.59 bits per heavy atom. The van der Waals surface area contributed by atoms with Crippen molar-refractivity contribution in [3.05, 3.63) is 44.8 Å². The summed E-state index contributed by atoms with van der Waals surface area (Å²) >= 11 is 13.4. The van der Waals surface area contributed by atoms with Gasteiger partial charge in [0.25, 0.3) is 0 Å². The molecular weight excluding hydrogens is 426 g/mol. The monoisotopic (exact) mass is 451 g/mol. The largest absolute Gasteiger partial charge is 0.465 e. The molecule has 1 fully saturated rings. The van der Waals surface area contributed by atoms with Crippen molar-refractivity contribution in [3.63, 3.8) is 0 Å². The number of thiophene rings is 1. The van der Waals surface area contributed by atoms with E-state index < -0.39 is 0 Å². The molecule has 2 aromatic rings. The van der Waals surface area contributed by atoms with E-state index in [2.05, 4.69) is 28.1 Å². The minimum Gasteiger partial charge on any atom is -0.465 e. The van der Waals surface area contributed by atoms with Gasteiger partial charge in [-0.05, 0) is 55.7 Å². The van der Waals surface area contributed by atoms with Crippen LogP contribution in [0.4, 0.5) is 10.7 Å². The number of benzene rings is 1. The summed E-state index contributed by atoms with van der Waals surface area (Å²) in [5, 5.41) is 5.46. The topological polar surface area (TPSA) is 44.8 Å². The number of halogens is 1. The van der Waals surface area contributed by atoms with E-state index in [4.69, 9.17) is 28.6 Å². The van der Waals surface area contributed by atoms with Crippen molar-refractivity contribution in [2.75, 3.05) is 43.5 Å². The molecule has 3 rings (SSSR count). The average molecular weight is 452 g/mol. The third-order valence-electron chi connectivity index (χ3n) is 5.25. The molecule has 8 heteroatoms. The number of thiocarbonyl (C=S) groups is 1. The van der Waals surface area contributed by atoms with Gasteiger partial charge in [0, 0.05) is 41.8 Å². The summed E-state index contributed by atoms with van der Waals surface area (Å²) in [6.45, 7) is 9.49. The summed E-state index contributed by atoms with van der Waals surface area (Å²) in [5.74, 6) is -0.322. The second-order valence-corrected chi connectivity index (χ2v) is 9.07. The van der Waals surface area contributed by atoms with Crippen LogP contribution in [-0.4, -0.2) is 49.3 Å². The smallest absolute Gasteiger partial charge is 0.341 e. The predicted molar refractivity (Wildman–Crippen MR) is 126 cm³/mol. The van der Waals surface area contributed by atoms with Gasteiger partial charge in [0.05, 0.1) is 12.7 Å². The Balaban J connectivity index is 1.69. The van der Waals surface area contributed by atoms with Crippen molar-refractivity contribution in [1.29, 1.82) is 0 Å². The lowest BCUT2D eigenvalue weighted by atomic mass is 10.1. The van der Waals surface area contributed by atoms with Gasteiger partial charge in [-0.15, -0.1) is 11.3 Å². The number of piperazine rings is 1. The Kier molecular flexibility index (Phi) is 7.03. The van der Waals surface area contributed by atoms with Crippen LogP contribution in [0.25, 0.3) is 0 Å². The van der Waals surface area contributed by atoms with Gasteiger partial charge in [0.2, 0.25) is 0 Å². The molecule has 0 aliphatic carbocycles. The molecular formula is C21H26ClN3O2S2. The molecule has 0 amide bonds. The van der Waals surface area contributed by atoms with Gasteiger partial charge in [-0.1, -0.05) is 24.6 Å². The van der Waals surface area contributed by atoms with E-state index in [0.717, 1.165) is 53.1 Å². The minimum atomic E-state index is -0.322. The molecule has 1 aromatic heterocycles. The van der Waals surface area contributed by atoms with Crippen molar-refractivity contribution in [2.24, 2.45) is 0 Å². The summed E-state index contributed by atoms with van der Waals surface area (Å²) in [6, 6.07) is 5.99. The molecule has 0 saturated carbocycles. The zero-order valence-electron chi connectivity index (χ0n) is 17.2. The van der Waals surface area contributed by atoms with Crippen LogP contribution in [0.1, 0.15) is 33.3 Å². The maximum absolute atomic E-state index is 12.3. The fraction of sp³-hybridized carbons (Fsp3) is 0.429. The number of ether oxygens (including phenoxy) is 1. The van der Waals surface area contributed by atoms with Crippen LogP contribution in [0.15, 0.2) is 18.2 Å². The molecule has 29 heavy (non-hydrogen) atoms. The number of carbonyl (C=O) groups excluding carboxylic acids is 1. The quantitative estimate of drug-likeness (QED) is 0.527. The zero-order chi connectivity index (χ0) is 21.1. The van der Waals surface area contributed by atoms with Gasteiger partial charge in [0.1, 0.15) is 5.00 Å². The molecule has 0 bridgehead atoms. The van der Waals surface area contributed by atoms with E-state index in [1.165, 1.54) is 18.4 Å². The van der Waals surface area contributed by atoms with Gasteiger partial charge in [-0.25, -0.2) is 4.79 Å². The van der Waals surface area contributed by atoms with E-state index in [9.17, 15) is 4.79 Å². The van der Waals surface area contributed by atoms with Crippen molar-refractivity contribution >= 4 is 56.9 Å². The van der Waals surface area contributed by atoms with Crippen LogP contribution in [-0.2, 0) is 11.2 Å². The Morgan fingerprint density at radius 1 is 1.28 bits per heavy atom. The van der Waals surface area contributed by atoms with Gasteiger partial charge >= 0.3 is 5.97 Å². The second-order valence-electron chi connectivity index (χ2n) is 7.02. The highest BCUT2D eigenvalue weighted by atomic mass is 35.5. The van der Waals surface area contributed by atoms with Crippen LogP contribution in [0, 0.1) is 13.8 Å². The molecule has 1 aliphatic rings. The fourth-order valence-electron chi connectivity index (χ4n) is 3.66. The summed E-state index contributed by atoms with van der Waals surface area (Å²) in [6.07, 6.45) is 0.777. The highest BCUT2D eigenvalue weighted by Gasteiger charge is 2.25. The Morgan fingerprint density at radius 2 is 1.97 bits per heavy atom. The summed E-state index contributed by atoms with van der Waals surface area (Å²) < 4.78 is 5.00. The Hall–Kier alpha value is -1.83. The van der Waals surface area contributed by atoms with E-state index in [1.807, 2.05) is 26.0 Å². The maximum Gasteiger partial charge on any atom is 0.341 e. The molecule has 1 aromatic carbocycles. The molecule has 0 radical (unpaired) electrons. The van der Waals surface area contributed by atoms with Crippen LogP contribution >= 0.6 is 35.2 Å². The van der Waals surface area contributed by atoms with Crippen molar-refractivity contribution in [1.82, 2.24) is 4.90 Å². The maximum atomic E-state index is 12.3. The van der Waals surface area contributed by atoms with Crippen LogP contribution in [0.5, 0.6) is 0 Å². The third-order valence-corrected chi connectivity index (χ3v) is 6.91. The van der Waals surface area contributed by atoms with E-state index in [1.54, 1.807) is 11.3 Å². The lowest BCUT2D eigenvalue weighted by Gasteiger charge is -2.38. The standard InChI is InChI=1S/C21H26ClN3O2S2/c1-5-16-14(3)29-19(18(16)20(26)27-4)23-21(28)25-10-8-24(9-11-25)17-12-15(22)7-6-13(17)2/h6-7,12H,5,8-11H2,1-4H3,(H,23,28). The van der Waals surface area contributed by atoms with Gasteiger partial charge in [-0.3, -0.25) is 0 Å². The highest BCUT2D eigenvalue weighted by Crippen LogP contribution is 2.34. The molecule has 2 heterocycles. The molecule has 1 aliphatic heterocycles. The molecule has 0 unspecified atom stereocenters.